The van der Waals surface area contributed by atoms with Gasteiger partial charge in [0.1, 0.15) is 12.4 Å². The lowest BCUT2D eigenvalue weighted by atomic mass is 10.2. The van der Waals surface area contributed by atoms with E-state index >= 15 is 0 Å². The molecule has 0 aliphatic heterocycles. The molecule has 1 heterocycles. The van der Waals surface area contributed by atoms with Crippen molar-refractivity contribution in [2.45, 2.75) is 13.0 Å². The van der Waals surface area contributed by atoms with Gasteiger partial charge in [0.15, 0.2) is 0 Å². The number of aromatic amines is 1. The van der Waals surface area contributed by atoms with Crippen LogP contribution in [0.2, 0.25) is 0 Å². The maximum Gasteiger partial charge on any atom is 0.326 e. The van der Waals surface area contributed by atoms with Crippen molar-refractivity contribution in [3.05, 3.63) is 70.4 Å². The van der Waals surface area contributed by atoms with Gasteiger partial charge in [-0.05, 0) is 36.8 Å². The van der Waals surface area contributed by atoms with Gasteiger partial charge in [-0.3, -0.25) is 14.2 Å². The molecule has 3 rings (SSSR count). The number of aryl methyl sites for hydroxylation is 1. The van der Waals surface area contributed by atoms with Crippen LogP contribution in [0.5, 0.6) is 0 Å². The van der Waals surface area contributed by atoms with Gasteiger partial charge in [0.2, 0.25) is 0 Å². The van der Waals surface area contributed by atoms with Gasteiger partial charge >= 0.3 is 11.7 Å². The Balaban J connectivity index is 1.42. The molecule has 0 saturated heterocycles. The lowest BCUT2D eigenvalue weighted by Gasteiger charge is -2.07. The number of fused-ring (bicyclic) bond motifs is 1. The van der Waals surface area contributed by atoms with Crippen molar-refractivity contribution >= 4 is 22.9 Å². The number of esters is 1. The number of aromatic nitrogens is 2. The Morgan fingerprint density at radius 2 is 1.96 bits per heavy atom. The number of amides is 1. The minimum atomic E-state index is -0.606. The number of rotatable bonds is 7. The minimum Gasteiger partial charge on any atom is -0.464 e. The number of hydrogen-bond donors (Lipinski definition) is 2. The van der Waals surface area contributed by atoms with Gasteiger partial charge in [0, 0.05) is 12.1 Å². The normalized spacial score (nSPS) is 10.7. The molecule has 0 aliphatic rings. The number of carbonyl (C=O) groups excluding carboxylic acids is 2. The van der Waals surface area contributed by atoms with Crippen LogP contribution in [0.1, 0.15) is 16.8 Å². The summed E-state index contributed by atoms with van der Waals surface area (Å²) in [5, 5.41) is 2.37. The predicted octanol–water partition coefficient (Wildman–Crippen LogP) is 1.83. The number of imidazole rings is 1. The van der Waals surface area contributed by atoms with E-state index in [1.54, 1.807) is 4.57 Å². The van der Waals surface area contributed by atoms with Crippen molar-refractivity contribution in [1.82, 2.24) is 14.9 Å². The highest BCUT2D eigenvalue weighted by Crippen LogP contribution is 2.09. The first-order valence-electron chi connectivity index (χ1n) is 8.41. The van der Waals surface area contributed by atoms with Crippen LogP contribution >= 0.6 is 0 Å². The largest absolute Gasteiger partial charge is 0.464 e. The molecule has 1 amide bonds. The maximum atomic E-state index is 13.1. The molecule has 0 radical (unpaired) electrons. The van der Waals surface area contributed by atoms with E-state index in [2.05, 4.69) is 10.3 Å². The summed E-state index contributed by atoms with van der Waals surface area (Å²) in [6.45, 7) is 0.189. The second-order valence-electron chi connectivity index (χ2n) is 5.87. The van der Waals surface area contributed by atoms with Crippen LogP contribution in [0.15, 0.2) is 53.3 Å². The predicted molar refractivity (Wildman–Crippen MR) is 96.9 cm³/mol. The zero-order valence-corrected chi connectivity index (χ0v) is 14.4. The number of H-pyrrole nitrogens is 1. The summed E-state index contributed by atoms with van der Waals surface area (Å²) in [5.74, 6) is -1.69. The van der Waals surface area contributed by atoms with Crippen molar-refractivity contribution < 1.29 is 18.7 Å². The fourth-order valence-corrected chi connectivity index (χ4v) is 2.67. The van der Waals surface area contributed by atoms with E-state index < -0.39 is 17.7 Å². The first-order valence-corrected chi connectivity index (χ1v) is 8.41. The third-order valence-electron chi connectivity index (χ3n) is 3.95. The molecule has 0 spiro atoms. The van der Waals surface area contributed by atoms with Crippen molar-refractivity contribution in [2.24, 2.45) is 0 Å². The zero-order valence-electron chi connectivity index (χ0n) is 14.4. The van der Waals surface area contributed by atoms with Crippen molar-refractivity contribution in [1.29, 1.82) is 0 Å². The highest BCUT2D eigenvalue weighted by Gasteiger charge is 2.10. The molecule has 0 aliphatic carbocycles. The lowest BCUT2D eigenvalue weighted by Crippen LogP contribution is -2.31. The van der Waals surface area contributed by atoms with Crippen LogP contribution in [-0.2, 0) is 16.1 Å². The number of nitrogens with zero attached hydrogens (tertiary/aromatic N) is 1. The van der Waals surface area contributed by atoms with Crippen LogP contribution in [0, 0.1) is 5.82 Å². The van der Waals surface area contributed by atoms with Gasteiger partial charge in [0.05, 0.1) is 17.6 Å². The number of ether oxygens (including phenoxy) is 1. The van der Waals surface area contributed by atoms with Gasteiger partial charge in [-0.2, -0.15) is 0 Å². The molecule has 0 fully saturated rings. The SMILES string of the molecule is O=C(CNC(=O)c1cccc(F)c1)OCCCn1c(=O)[nH]c2ccccc21. The Bertz CT molecular complexity index is 1020. The summed E-state index contributed by atoms with van der Waals surface area (Å²) < 4.78 is 19.7. The fourth-order valence-electron chi connectivity index (χ4n) is 2.67. The van der Waals surface area contributed by atoms with Gasteiger partial charge in [-0.15, -0.1) is 0 Å². The monoisotopic (exact) mass is 371 g/mol. The van der Waals surface area contributed by atoms with Crippen LogP contribution in [0.3, 0.4) is 0 Å². The Morgan fingerprint density at radius 3 is 2.78 bits per heavy atom. The van der Waals surface area contributed by atoms with E-state index in [4.69, 9.17) is 4.74 Å². The van der Waals surface area contributed by atoms with E-state index in [1.165, 1.54) is 18.2 Å². The summed E-state index contributed by atoms with van der Waals surface area (Å²) in [7, 11) is 0. The average Bonchev–Trinajstić information content (AvgIpc) is 2.98. The van der Waals surface area contributed by atoms with Gasteiger partial charge < -0.3 is 15.0 Å². The summed E-state index contributed by atoms with van der Waals surface area (Å²) >= 11 is 0. The topological polar surface area (TPSA) is 93.2 Å². The third kappa shape index (κ3) is 4.60. The smallest absolute Gasteiger partial charge is 0.326 e. The first-order chi connectivity index (χ1) is 13.0. The van der Waals surface area contributed by atoms with E-state index in [0.717, 1.165) is 17.1 Å². The molecule has 0 bridgehead atoms. The van der Waals surface area contributed by atoms with Crippen LogP contribution in [0.25, 0.3) is 11.0 Å². The number of para-hydroxylation sites is 2. The van der Waals surface area contributed by atoms with Crippen LogP contribution in [-0.4, -0.2) is 34.6 Å². The second-order valence-corrected chi connectivity index (χ2v) is 5.87. The molecule has 3 aromatic rings. The van der Waals surface area contributed by atoms with E-state index in [-0.39, 0.29) is 24.4 Å². The summed E-state index contributed by atoms with van der Waals surface area (Å²) in [6.07, 6.45) is 0.450. The van der Waals surface area contributed by atoms with Gasteiger partial charge in [-0.1, -0.05) is 18.2 Å². The van der Waals surface area contributed by atoms with Gasteiger partial charge in [0.25, 0.3) is 5.91 Å². The van der Waals surface area contributed by atoms with Gasteiger partial charge in [-0.25, -0.2) is 9.18 Å². The van der Waals surface area contributed by atoms with Crippen molar-refractivity contribution in [3.63, 3.8) is 0 Å². The molecule has 0 unspecified atom stereocenters. The lowest BCUT2D eigenvalue weighted by molar-refractivity contribution is -0.142. The Kier molecular flexibility index (Phi) is 5.65. The number of carbonyl (C=O) groups is 2. The molecule has 7 nitrogen and oxygen atoms in total. The molecular formula is C19H18FN3O4. The second kappa shape index (κ2) is 8.31. The highest BCUT2D eigenvalue weighted by molar-refractivity contribution is 5.95. The molecule has 2 N–H and O–H groups in total. The maximum absolute atomic E-state index is 13.1. The first kappa shape index (κ1) is 18.4. The standard InChI is InChI=1S/C19H18FN3O4/c20-14-6-3-5-13(11-14)18(25)21-12-17(24)27-10-4-9-23-16-8-2-1-7-15(16)22-19(23)26/h1-3,5-8,11H,4,9-10,12H2,(H,21,25)(H,22,26). The molecule has 8 heteroatoms. The van der Waals surface area contributed by atoms with E-state index in [9.17, 15) is 18.8 Å². The van der Waals surface area contributed by atoms with Crippen LogP contribution < -0.4 is 11.0 Å². The molecule has 27 heavy (non-hydrogen) atoms. The number of benzene rings is 2. The zero-order chi connectivity index (χ0) is 19.2. The molecular weight excluding hydrogens is 353 g/mol. The minimum absolute atomic E-state index is 0.112. The van der Waals surface area contributed by atoms with E-state index in [0.29, 0.717) is 13.0 Å². The molecule has 1 aromatic heterocycles. The quantitative estimate of drug-likeness (QED) is 0.489. The van der Waals surface area contributed by atoms with Crippen molar-refractivity contribution in [2.75, 3.05) is 13.2 Å². The molecule has 0 saturated carbocycles. The molecule has 2 aromatic carbocycles. The Morgan fingerprint density at radius 1 is 1.15 bits per heavy atom. The summed E-state index contributed by atoms with van der Waals surface area (Å²) in [6, 6.07) is 12.5. The highest BCUT2D eigenvalue weighted by atomic mass is 19.1. The van der Waals surface area contributed by atoms with Crippen molar-refractivity contribution in [3.8, 4) is 0 Å². The van der Waals surface area contributed by atoms with Crippen LogP contribution in [0.4, 0.5) is 4.39 Å². The Hall–Kier alpha value is -3.42. The molecule has 0 atom stereocenters. The number of halogens is 1. The molecule has 140 valence electrons. The summed E-state index contributed by atoms with van der Waals surface area (Å²) in [5.41, 5.74) is 1.45. The fraction of sp³-hybridized carbons (Fsp3) is 0.211. The summed E-state index contributed by atoms with van der Waals surface area (Å²) in [4.78, 5) is 38.2. The Labute approximate surface area is 153 Å². The average molecular weight is 371 g/mol. The number of hydrogen-bond acceptors (Lipinski definition) is 4. The number of nitrogens with one attached hydrogen (secondary N) is 2. The van der Waals surface area contributed by atoms with E-state index in [1.807, 2.05) is 24.3 Å². The third-order valence-corrected chi connectivity index (χ3v) is 3.95.